The molecule has 0 aliphatic carbocycles. The first kappa shape index (κ1) is 24.5. The van der Waals surface area contributed by atoms with Crippen LogP contribution in [-0.2, 0) is 38.1 Å². The highest BCUT2D eigenvalue weighted by molar-refractivity contribution is 6.01. The normalized spacial score (nSPS) is 9.50. The molecule has 11 heteroatoms. The molecule has 0 heterocycles. The van der Waals surface area contributed by atoms with Gasteiger partial charge in [-0.15, -0.1) is 0 Å². The van der Waals surface area contributed by atoms with Gasteiger partial charge in [-0.1, -0.05) is 12.1 Å². The molecule has 0 atom stereocenters. The summed E-state index contributed by atoms with van der Waals surface area (Å²) in [6.07, 6.45) is -0.312. The van der Waals surface area contributed by atoms with Crippen molar-refractivity contribution in [2.75, 3.05) is 28.4 Å². The molecule has 1 aromatic carbocycles. The highest BCUT2D eigenvalue weighted by atomic mass is 16.6. The van der Waals surface area contributed by atoms with Crippen molar-refractivity contribution < 1.29 is 43.0 Å². The molecule has 0 spiro atoms. The highest BCUT2D eigenvalue weighted by Gasteiger charge is 2.36. The van der Waals surface area contributed by atoms with Crippen LogP contribution in [0, 0.1) is 17.0 Å². The van der Waals surface area contributed by atoms with Crippen LogP contribution in [0.1, 0.15) is 23.5 Å². The number of methoxy groups -OCH3 is 4. The van der Waals surface area contributed by atoms with Crippen LogP contribution < -0.4 is 0 Å². The second-order valence-electron chi connectivity index (χ2n) is 5.13. The van der Waals surface area contributed by atoms with Crippen LogP contribution in [-0.4, -0.2) is 57.2 Å². The monoisotopic (exact) mass is 399 g/mol. The summed E-state index contributed by atoms with van der Waals surface area (Å²) in [6, 6.07) is 4.21. The van der Waals surface area contributed by atoms with Crippen LogP contribution in [0.25, 0.3) is 0 Å². The summed E-state index contributed by atoms with van der Waals surface area (Å²) in [6.45, 7) is 1.67. The summed E-state index contributed by atoms with van der Waals surface area (Å²) in [5.74, 6) is -4.43. The van der Waals surface area contributed by atoms with E-state index in [1.165, 1.54) is 26.4 Å². The van der Waals surface area contributed by atoms with E-state index in [-0.39, 0.29) is 17.7 Å². The molecular weight excluding hydrogens is 378 g/mol. The van der Waals surface area contributed by atoms with Crippen LogP contribution in [0.15, 0.2) is 18.2 Å². The topological polar surface area (TPSA) is 148 Å². The fraction of sp³-hybridized carbons (Fsp3) is 0.412. The minimum Gasteiger partial charge on any atom is -0.469 e. The zero-order chi connectivity index (χ0) is 21.9. The average Bonchev–Trinajstić information content (AvgIpc) is 2.68. The number of hydrogen-bond acceptors (Lipinski definition) is 10. The third-order valence-electron chi connectivity index (χ3n) is 3.31. The molecule has 0 saturated carbocycles. The minimum atomic E-state index is -1.46. The van der Waals surface area contributed by atoms with Crippen LogP contribution >= 0.6 is 0 Å². The predicted molar refractivity (Wildman–Crippen MR) is 93.3 cm³/mol. The van der Waals surface area contributed by atoms with Crippen molar-refractivity contribution in [1.82, 2.24) is 0 Å². The molecule has 154 valence electrons. The summed E-state index contributed by atoms with van der Waals surface area (Å²) < 4.78 is 17.4. The lowest BCUT2D eigenvalue weighted by Crippen LogP contribution is -2.25. The van der Waals surface area contributed by atoms with Crippen molar-refractivity contribution in [2.45, 2.75) is 19.3 Å². The number of carbonyl (C=O) groups excluding carboxylic acids is 4. The van der Waals surface area contributed by atoms with E-state index in [2.05, 4.69) is 18.9 Å². The van der Waals surface area contributed by atoms with Crippen LogP contribution in [0.5, 0.6) is 0 Å². The minimum absolute atomic E-state index is 0.0469. The van der Waals surface area contributed by atoms with E-state index in [9.17, 15) is 29.3 Å². The Kier molecular flexibility index (Phi) is 10.5. The van der Waals surface area contributed by atoms with Crippen LogP contribution in [0.2, 0.25) is 0 Å². The Labute approximate surface area is 160 Å². The molecule has 0 N–H and O–H groups in total. The quantitative estimate of drug-likeness (QED) is 0.223. The second kappa shape index (κ2) is 12.0. The van der Waals surface area contributed by atoms with E-state index >= 15 is 0 Å². The molecule has 0 aliphatic heterocycles. The van der Waals surface area contributed by atoms with E-state index in [4.69, 9.17) is 0 Å². The van der Waals surface area contributed by atoms with Crippen molar-refractivity contribution in [3.63, 3.8) is 0 Å². The number of nitrogens with zero attached hydrogens (tertiary/aromatic N) is 1. The maximum atomic E-state index is 11.6. The molecule has 0 aliphatic rings. The Morgan fingerprint density at radius 3 is 1.75 bits per heavy atom. The van der Waals surface area contributed by atoms with Crippen LogP contribution in [0.4, 0.5) is 5.69 Å². The predicted octanol–water partition coefficient (Wildman–Crippen LogP) is 1.06. The molecule has 0 aromatic heterocycles. The summed E-state index contributed by atoms with van der Waals surface area (Å²) in [5.41, 5.74) is 0.277. The number of aryl methyl sites for hydroxylation is 1. The molecule has 0 bridgehead atoms. The van der Waals surface area contributed by atoms with Gasteiger partial charge < -0.3 is 18.9 Å². The molecule has 0 unspecified atom stereocenters. The van der Waals surface area contributed by atoms with E-state index in [1.807, 2.05) is 0 Å². The van der Waals surface area contributed by atoms with Crippen molar-refractivity contribution in [1.29, 1.82) is 0 Å². The van der Waals surface area contributed by atoms with Gasteiger partial charge in [0.2, 0.25) is 0 Å². The van der Waals surface area contributed by atoms with Gasteiger partial charge in [0.1, 0.15) is 6.42 Å². The molecule has 0 fully saturated rings. The van der Waals surface area contributed by atoms with Crippen molar-refractivity contribution >= 4 is 29.6 Å². The van der Waals surface area contributed by atoms with Gasteiger partial charge in [0.05, 0.1) is 38.9 Å². The first-order valence-electron chi connectivity index (χ1n) is 7.67. The van der Waals surface area contributed by atoms with E-state index in [0.29, 0.717) is 5.56 Å². The molecular formula is C17H21NO10. The number of ether oxygens (including phenoxy) is 4. The van der Waals surface area contributed by atoms with Gasteiger partial charge in [-0.05, 0) is 12.5 Å². The van der Waals surface area contributed by atoms with Gasteiger partial charge in [0.15, 0.2) is 5.92 Å². The van der Waals surface area contributed by atoms with Crippen molar-refractivity contribution in [3.05, 3.63) is 39.4 Å². The molecule has 0 amide bonds. The Morgan fingerprint density at radius 2 is 1.39 bits per heavy atom. The third-order valence-corrected chi connectivity index (χ3v) is 3.31. The number of esters is 4. The molecule has 1 aromatic rings. The maximum Gasteiger partial charge on any atom is 0.324 e. The molecule has 0 saturated heterocycles. The summed E-state index contributed by atoms with van der Waals surface area (Å²) in [7, 11) is 4.62. The summed E-state index contributed by atoms with van der Waals surface area (Å²) in [5, 5.41) is 11.0. The van der Waals surface area contributed by atoms with Gasteiger partial charge in [0, 0.05) is 6.07 Å². The number of nitro groups is 1. The zero-order valence-corrected chi connectivity index (χ0v) is 16.0. The molecule has 1 rings (SSSR count). The van der Waals surface area contributed by atoms with Crippen molar-refractivity contribution in [2.24, 2.45) is 0 Å². The molecule has 11 nitrogen and oxygen atoms in total. The van der Waals surface area contributed by atoms with Crippen LogP contribution in [0.3, 0.4) is 0 Å². The SMILES string of the molecule is COC(=O)C(C(=O)OC)c1ccc(C)cc1[N+](=O)[O-].COC(=O)CC(=O)OC. The zero-order valence-electron chi connectivity index (χ0n) is 16.0. The average molecular weight is 399 g/mol. The van der Waals surface area contributed by atoms with Gasteiger partial charge in [-0.3, -0.25) is 29.3 Å². The Balaban J connectivity index is 0.000000684. The maximum absolute atomic E-state index is 11.6. The highest BCUT2D eigenvalue weighted by Crippen LogP contribution is 2.29. The lowest BCUT2D eigenvalue weighted by atomic mass is 9.96. The Bertz CT molecular complexity index is 713. The van der Waals surface area contributed by atoms with Gasteiger partial charge >= 0.3 is 23.9 Å². The number of benzene rings is 1. The lowest BCUT2D eigenvalue weighted by Gasteiger charge is -2.13. The summed E-state index contributed by atoms with van der Waals surface area (Å²) >= 11 is 0. The molecule has 28 heavy (non-hydrogen) atoms. The van der Waals surface area contributed by atoms with E-state index < -0.39 is 34.7 Å². The van der Waals surface area contributed by atoms with E-state index in [1.54, 1.807) is 13.0 Å². The van der Waals surface area contributed by atoms with E-state index in [0.717, 1.165) is 14.2 Å². The third kappa shape index (κ3) is 7.40. The largest absolute Gasteiger partial charge is 0.469 e. The number of nitro benzene ring substituents is 1. The number of hydrogen-bond donors (Lipinski definition) is 0. The van der Waals surface area contributed by atoms with Gasteiger partial charge in [-0.2, -0.15) is 0 Å². The van der Waals surface area contributed by atoms with Gasteiger partial charge in [0.25, 0.3) is 5.69 Å². The lowest BCUT2D eigenvalue weighted by molar-refractivity contribution is -0.385. The first-order valence-corrected chi connectivity index (χ1v) is 7.67. The molecule has 0 radical (unpaired) electrons. The Morgan fingerprint density at radius 1 is 0.929 bits per heavy atom. The first-order chi connectivity index (χ1) is 13.1. The smallest absolute Gasteiger partial charge is 0.324 e. The number of rotatable bonds is 6. The van der Waals surface area contributed by atoms with Gasteiger partial charge in [-0.25, -0.2) is 0 Å². The van der Waals surface area contributed by atoms with Crippen molar-refractivity contribution in [3.8, 4) is 0 Å². The Hall–Kier alpha value is -3.50. The fourth-order valence-electron chi connectivity index (χ4n) is 1.90. The number of carbonyl (C=O) groups is 4. The summed E-state index contributed by atoms with van der Waals surface area (Å²) in [4.78, 5) is 54.1. The standard InChI is InChI=1S/C12H13NO6.C5H8O4/c1-7-4-5-8(9(6-7)13(16)17)10(11(14)18-2)12(15)19-3;1-8-4(6)3-5(7)9-2/h4-6,10H,1-3H3;3H2,1-2H3. The fourth-order valence-corrected chi connectivity index (χ4v) is 1.90. The second-order valence-corrected chi connectivity index (χ2v) is 5.13.